The lowest BCUT2D eigenvalue weighted by molar-refractivity contribution is -0.136. The lowest BCUT2D eigenvalue weighted by atomic mass is 10.1. The van der Waals surface area contributed by atoms with E-state index in [4.69, 9.17) is 0 Å². The summed E-state index contributed by atoms with van der Waals surface area (Å²) in [5.41, 5.74) is 4.91. The van der Waals surface area contributed by atoms with Crippen LogP contribution in [0.25, 0.3) is 38.6 Å². The summed E-state index contributed by atoms with van der Waals surface area (Å²) in [5.74, 6) is -0.833. The summed E-state index contributed by atoms with van der Waals surface area (Å²) in [5, 5.41) is 13.0. The summed E-state index contributed by atoms with van der Waals surface area (Å²) in [6.45, 7) is 0. The predicted octanol–water partition coefficient (Wildman–Crippen LogP) is 6.08. The Bertz CT molecular complexity index is 1350. The summed E-state index contributed by atoms with van der Waals surface area (Å²) >= 11 is 0. The Morgan fingerprint density at radius 3 is 2.31 bits per heavy atom. The van der Waals surface area contributed by atoms with E-state index in [-0.39, 0.29) is 6.42 Å². The molecule has 0 bridgehead atoms. The highest BCUT2D eigenvalue weighted by molar-refractivity contribution is 6.09. The van der Waals surface area contributed by atoms with E-state index in [2.05, 4.69) is 53.1 Å². The zero-order chi connectivity index (χ0) is 19.8. The number of carboxylic acid groups (broad SMARTS) is 1. The van der Waals surface area contributed by atoms with Crippen LogP contribution < -0.4 is 0 Å². The van der Waals surface area contributed by atoms with Crippen LogP contribution in [-0.4, -0.2) is 15.6 Å². The minimum Gasteiger partial charge on any atom is -0.481 e. The van der Waals surface area contributed by atoms with Crippen LogP contribution >= 0.6 is 0 Å². The molecule has 1 aromatic heterocycles. The molecule has 0 fully saturated rings. The standard InChI is InChI=1S/C26H19NO2/c28-26(29)16-20-11-5-7-13-23(20)27-24-15-14-18-8-4-6-12-21(18)22(24)17-25(27)19-9-2-1-3-10-19/h1-15,17H,16H2,(H,28,29). The summed E-state index contributed by atoms with van der Waals surface area (Å²) in [6, 6.07) is 32.8. The van der Waals surface area contributed by atoms with Gasteiger partial charge in [0.2, 0.25) is 0 Å². The maximum atomic E-state index is 11.5. The molecule has 3 heteroatoms. The van der Waals surface area contributed by atoms with E-state index in [1.54, 1.807) is 0 Å². The average molecular weight is 377 g/mol. The zero-order valence-electron chi connectivity index (χ0n) is 15.7. The highest BCUT2D eigenvalue weighted by Gasteiger charge is 2.17. The fraction of sp³-hybridized carbons (Fsp3) is 0.0385. The molecule has 0 atom stereocenters. The van der Waals surface area contributed by atoms with Gasteiger partial charge in [-0.15, -0.1) is 0 Å². The molecule has 3 nitrogen and oxygen atoms in total. The first kappa shape index (κ1) is 17.3. The second-order valence-electron chi connectivity index (χ2n) is 7.15. The van der Waals surface area contributed by atoms with Crippen LogP contribution in [0.15, 0.2) is 97.1 Å². The van der Waals surface area contributed by atoms with Gasteiger partial charge in [-0.05, 0) is 40.1 Å². The molecule has 1 heterocycles. The topological polar surface area (TPSA) is 42.2 Å². The van der Waals surface area contributed by atoms with Crippen molar-refractivity contribution in [2.75, 3.05) is 0 Å². The maximum absolute atomic E-state index is 11.5. The van der Waals surface area contributed by atoms with Crippen molar-refractivity contribution in [1.29, 1.82) is 0 Å². The van der Waals surface area contributed by atoms with Gasteiger partial charge in [0.1, 0.15) is 0 Å². The Balaban J connectivity index is 1.89. The summed E-state index contributed by atoms with van der Waals surface area (Å²) in [7, 11) is 0. The predicted molar refractivity (Wildman–Crippen MR) is 118 cm³/mol. The fourth-order valence-electron chi connectivity index (χ4n) is 4.08. The smallest absolute Gasteiger partial charge is 0.307 e. The van der Waals surface area contributed by atoms with E-state index in [1.165, 1.54) is 10.8 Å². The number of aliphatic carboxylic acids is 1. The number of hydrogen-bond donors (Lipinski definition) is 1. The second-order valence-corrected chi connectivity index (χ2v) is 7.15. The van der Waals surface area contributed by atoms with Crippen molar-refractivity contribution >= 4 is 27.6 Å². The first-order valence-corrected chi connectivity index (χ1v) is 9.61. The first-order valence-electron chi connectivity index (χ1n) is 9.61. The van der Waals surface area contributed by atoms with Crippen molar-refractivity contribution in [3.63, 3.8) is 0 Å². The molecule has 0 radical (unpaired) electrons. The third-order valence-corrected chi connectivity index (χ3v) is 5.35. The number of fused-ring (bicyclic) bond motifs is 3. The molecule has 140 valence electrons. The minimum absolute atomic E-state index is 0.0162. The van der Waals surface area contributed by atoms with Crippen molar-refractivity contribution in [2.45, 2.75) is 6.42 Å². The number of benzene rings is 4. The molecule has 5 rings (SSSR count). The monoisotopic (exact) mass is 377 g/mol. The van der Waals surface area contributed by atoms with Crippen molar-refractivity contribution in [3.8, 4) is 16.9 Å². The van der Waals surface area contributed by atoms with Crippen LogP contribution in [-0.2, 0) is 11.2 Å². The number of nitrogens with zero attached hydrogens (tertiary/aromatic N) is 1. The van der Waals surface area contributed by atoms with Crippen LogP contribution in [0, 0.1) is 0 Å². The number of aromatic nitrogens is 1. The molecule has 0 saturated carbocycles. The molecule has 0 unspecified atom stereocenters. The van der Waals surface area contributed by atoms with Crippen LogP contribution in [0.5, 0.6) is 0 Å². The summed E-state index contributed by atoms with van der Waals surface area (Å²) in [4.78, 5) is 11.5. The van der Waals surface area contributed by atoms with Crippen molar-refractivity contribution in [2.24, 2.45) is 0 Å². The average Bonchev–Trinajstić information content (AvgIpc) is 3.14. The van der Waals surface area contributed by atoms with E-state index in [0.717, 1.165) is 33.4 Å². The largest absolute Gasteiger partial charge is 0.481 e. The van der Waals surface area contributed by atoms with Crippen LogP contribution in [0.3, 0.4) is 0 Å². The lowest BCUT2D eigenvalue weighted by Gasteiger charge is -2.15. The molecule has 0 aliphatic rings. The Hall–Kier alpha value is -3.85. The van der Waals surface area contributed by atoms with Crippen molar-refractivity contribution < 1.29 is 9.90 Å². The van der Waals surface area contributed by atoms with E-state index in [1.807, 2.05) is 48.5 Å². The number of carbonyl (C=O) groups is 1. The van der Waals surface area contributed by atoms with E-state index < -0.39 is 5.97 Å². The van der Waals surface area contributed by atoms with Gasteiger partial charge < -0.3 is 9.67 Å². The van der Waals surface area contributed by atoms with Gasteiger partial charge >= 0.3 is 5.97 Å². The van der Waals surface area contributed by atoms with Gasteiger partial charge in [-0.25, -0.2) is 0 Å². The van der Waals surface area contributed by atoms with Gasteiger partial charge in [-0.2, -0.15) is 0 Å². The first-order chi connectivity index (χ1) is 14.2. The number of hydrogen-bond acceptors (Lipinski definition) is 1. The molecule has 0 amide bonds. The Morgan fingerprint density at radius 2 is 1.48 bits per heavy atom. The second kappa shape index (κ2) is 6.95. The summed E-state index contributed by atoms with van der Waals surface area (Å²) in [6.07, 6.45) is -0.0162. The van der Waals surface area contributed by atoms with Crippen molar-refractivity contribution in [3.05, 3.63) is 103 Å². The molecular weight excluding hydrogens is 358 g/mol. The van der Waals surface area contributed by atoms with E-state index in [9.17, 15) is 9.90 Å². The Kier molecular flexibility index (Phi) is 4.14. The van der Waals surface area contributed by atoms with Crippen molar-refractivity contribution in [1.82, 2.24) is 4.57 Å². The Morgan fingerprint density at radius 1 is 0.759 bits per heavy atom. The molecule has 5 aromatic rings. The molecule has 0 aliphatic heterocycles. The third-order valence-electron chi connectivity index (χ3n) is 5.35. The van der Waals surface area contributed by atoms with Crippen LogP contribution in [0.4, 0.5) is 0 Å². The number of carboxylic acids is 1. The maximum Gasteiger partial charge on any atom is 0.307 e. The normalized spacial score (nSPS) is 11.2. The minimum atomic E-state index is -0.833. The van der Waals surface area contributed by atoms with Gasteiger partial charge in [0.05, 0.1) is 17.6 Å². The van der Waals surface area contributed by atoms with Gasteiger partial charge in [0, 0.05) is 11.1 Å². The molecule has 29 heavy (non-hydrogen) atoms. The lowest BCUT2D eigenvalue weighted by Crippen LogP contribution is -2.06. The van der Waals surface area contributed by atoms with Gasteiger partial charge in [-0.3, -0.25) is 4.79 Å². The molecule has 0 spiro atoms. The highest BCUT2D eigenvalue weighted by Crippen LogP contribution is 2.36. The van der Waals surface area contributed by atoms with E-state index in [0.29, 0.717) is 0 Å². The fourth-order valence-corrected chi connectivity index (χ4v) is 4.08. The summed E-state index contributed by atoms with van der Waals surface area (Å²) < 4.78 is 2.19. The Labute approximate surface area is 168 Å². The molecule has 0 aliphatic carbocycles. The third kappa shape index (κ3) is 2.97. The zero-order valence-corrected chi connectivity index (χ0v) is 15.7. The van der Waals surface area contributed by atoms with Gasteiger partial charge in [0.15, 0.2) is 0 Å². The van der Waals surface area contributed by atoms with Gasteiger partial charge in [-0.1, -0.05) is 78.9 Å². The quantitative estimate of drug-likeness (QED) is 0.412. The number of rotatable bonds is 4. The van der Waals surface area contributed by atoms with Crippen LogP contribution in [0.1, 0.15) is 5.56 Å². The number of para-hydroxylation sites is 1. The van der Waals surface area contributed by atoms with Crippen LogP contribution in [0.2, 0.25) is 0 Å². The van der Waals surface area contributed by atoms with Gasteiger partial charge in [0.25, 0.3) is 0 Å². The molecule has 0 saturated heterocycles. The molecule has 4 aromatic carbocycles. The SMILES string of the molecule is O=C(O)Cc1ccccc1-n1c(-c2ccccc2)cc2c3ccccc3ccc21. The highest BCUT2D eigenvalue weighted by atomic mass is 16.4. The molecule has 1 N–H and O–H groups in total. The molecular formula is C26H19NO2. The van der Waals surface area contributed by atoms with E-state index >= 15 is 0 Å².